The van der Waals surface area contributed by atoms with E-state index >= 15 is 0 Å². The number of carbonyl (C=O) groups is 1. The van der Waals surface area contributed by atoms with E-state index in [1.807, 2.05) is 33.8 Å². The summed E-state index contributed by atoms with van der Waals surface area (Å²) in [5.74, 6) is 1.37. The maximum atomic E-state index is 12.8. The first-order valence-corrected chi connectivity index (χ1v) is 12.0. The number of aliphatic imine (C=N–C) groups is 1. The highest BCUT2D eigenvalue weighted by atomic mass is 35.5. The van der Waals surface area contributed by atoms with E-state index in [0.717, 1.165) is 27.1 Å². The molecule has 1 aliphatic heterocycles. The highest BCUT2D eigenvalue weighted by Gasteiger charge is 2.36. The molecule has 0 fully saturated rings. The Bertz CT molecular complexity index is 1170. The van der Waals surface area contributed by atoms with E-state index in [-0.39, 0.29) is 24.2 Å². The monoisotopic (exact) mass is 472 g/mol. The van der Waals surface area contributed by atoms with Gasteiger partial charge in [0.2, 0.25) is 0 Å². The molecule has 3 atom stereocenters. The predicted octanol–water partition coefficient (Wildman–Crippen LogP) is 5.77. The van der Waals surface area contributed by atoms with Crippen LogP contribution in [-0.2, 0) is 9.53 Å². The fraction of sp³-hybridized carbons (Fsp3) is 0.500. The first-order chi connectivity index (χ1) is 15.0. The number of allylic oxidation sites excluding steroid dienone is 4. The number of aromatic nitrogens is 3. The number of hydrogen-bond acceptors (Lipinski definition) is 6. The summed E-state index contributed by atoms with van der Waals surface area (Å²) in [6, 6.07) is -0.484. The number of aryl methyl sites for hydroxylation is 2. The molecular formula is C24H29ClN4O2S. The van der Waals surface area contributed by atoms with Gasteiger partial charge in [-0.05, 0) is 59.1 Å². The van der Waals surface area contributed by atoms with Crippen LogP contribution in [-0.4, -0.2) is 32.0 Å². The molecule has 2 aromatic heterocycles. The minimum atomic E-state index is -0.563. The lowest BCUT2D eigenvalue weighted by Crippen LogP contribution is -2.26. The molecule has 1 aliphatic carbocycles. The summed E-state index contributed by atoms with van der Waals surface area (Å²) in [5.41, 5.74) is 2.70. The van der Waals surface area contributed by atoms with Crippen LogP contribution in [0.1, 0.15) is 67.8 Å². The SMILES string of the molecule is Cc1sc2c(c1C)C(C1C=CC(Cl)=CC1C)=N[C@@H](CC(=O)OC(C)(C)C)c1nnc(C)n1-2. The van der Waals surface area contributed by atoms with E-state index in [1.54, 1.807) is 11.3 Å². The Morgan fingerprint density at radius 1 is 1.25 bits per heavy atom. The molecule has 0 amide bonds. The van der Waals surface area contributed by atoms with Gasteiger partial charge in [-0.15, -0.1) is 21.5 Å². The topological polar surface area (TPSA) is 69.4 Å². The molecule has 0 saturated heterocycles. The third kappa shape index (κ3) is 4.20. The molecule has 0 N–H and O–H groups in total. The van der Waals surface area contributed by atoms with Crippen molar-refractivity contribution in [3.05, 3.63) is 50.9 Å². The Labute approximate surface area is 198 Å². The van der Waals surface area contributed by atoms with Crippen molar-refractivity contribution in [2.75, 3.05) is 0 Å². The molecule has 4 rings (SSSR count). The van der Waals surface area contributed by atoms with Crippen molar-refractivity contribution in [3.8, 4) is 5.00 Å². The zero-order valence-electron chi connectivity index (χ0n) is 19.6. The quantitative estimate of drug-likeness (QED) is 0.531. The van der Waals surface area contributed by atoms with Crippen molar-refractivity contribution >= 4 is 34.6 Å². The molecule has 6 nitrogen and oxygen atoms in total. The summed E-state index contributed by atoms with van der Waals surface area (Å²) in [4.78, 5) is 19.2. The number of fused-ring (bicyclic) bond motifs is 3. The molecule has 170 valence electrons. The second-order valence-corrected chi connectivity index (χ2v) is 11.2. The largest absolute Gasteiger partial charge is 0.460 e. The number of hydrogen-bond donors (Lipinski definition) is 0. The lowest BCUT2D eigenvalue weighted by molar-refractivity contribution is -0.155. The average molecular weight is 473 g/mol. The zero-order chi connectivity index (χ0) is 23.4. The number of esters is 1. The van der Waals surface area contributed by atoms with Gasteiger partial charge in [0, 0.05) is 21.4 Å². The molecular weight excluding hydrogens is 444 g/mol. The van der Waals surface area contributed by atoms with E-state index in [9.17, 15) is 4.79 Å². The molecule has 3 heterocycles. The highest BCUT2D eigenvalue weighted by molar-refractivity contribution is 7.15. The summed E-state index contributed by atoms with van der Waals surface area (Å²) in [7, 11) is 0. The first kappa shape index (κ1) is 22.9. The van der Waals surface area contributed by atoms with Crippen molar-refractivity contribution < 1.29 is 9.53 Å². The third-order valence-corrected chi connectivity index (χ3v) is 7.26. The number of halogens is 1. The Morgan fingerprint density at radius 2 is 1.97 bits per heavy atom. The number of nitrogens with zero attached hydrogens (tertiary/aromatic N) is 4. The number of rotatable bonds is 3. The van der Waals surface area contributed by atoms with E-state index in [2.05, 4.69) is 47.7 Å². The van der Waals surface area contributed by atoms with Gasteiger partial charge in [-0.2, -0.15) is 0 Å². The molecule has 2 unspecified atom stereocenters. The van der Waals surface area contributed by atoms with Crippen LogP contribution in [0, 0.1) is 32.6 Å². The highest BCUT2D eigenvalue weighted by Crippen LogP contribution is 2.42. The van der Waals surface area contributed by atoms with Gasteiger partial charge in [0.25, 0.3) is 0 Å². The van der Waals surface area contributed by atoms with E-state index in [0.29, 0.717) is 5.82 Å². The van der Waals surface area contributed by atoms with Gasteiger partial charge in [0.05, 0.1) is 12.1 Å². The summed E-state index contributed by atoms with van der Waals surface area (Å²) < 4.78 is 7.68. The maximum absolute atomic E-state index is 12.8. The van der Waals surface area contributed by atoms with Gasteiger partial charge in [-0.25, -0.2) is 0 Å². The van der Waals surface area contributed by atoms with Crippen LogP contribution in [0.2, 0.25) is 0 Å². The number of ether oxygens (including phenoxy) is 1. The normalized spacial score (nSPS) is 22.6. The van der Waals surface area contributed by atoms with Crippen LogP contribution in [0.4, 0.5) is 0 Å². The molecule has 0 bridgehead atoms. The molecule has 2 aromatic rings. The van der Waals surface area contributed by atoms with Crippen molar-refractivity contribution in [3.63, 3.8) is 0 Å². The molecule has 0 radical (unpaired) electrons. The molecule has 0 saturated carbocycles. The van der Waals surface area contributed by atoms with Gasteiger partial charge in [-0.3, -0.25) is 14.4 Å². The standard InChI is InChI=1S/C24H29ClN4O2S/c1-12-10-16(25)8-9-17(12)21-20-13(2)14(3)32-23(20)29-15(4)27-28-22(29)18(26-21)11-19(30)31-24(5,6)7/h8-10,12,17-18H,11H2,1-7H3/t12?,17?,18-/m0/s1. The Kier molecular flexibility index (Phi) is 5.92. The van der Waals surface area contributed by atoms with E-state index in [1.165, 1.54) is 10.4 Å². The van der Waals surface area contributed by atoms with Crippen molar-refractivity contribution in [1.82, 2.24) is 14.8 Å². The van der Waals surface area contributed by atoms with Gasteiger partial charge >= 0.3 is 5.97 Å². The van der Waals surface area contributed by atoms with Crippen LogP contribution in [0.25, 0.3) is 5.00 Å². The summed E-state index contributed by atoms with van der Waals surface area (Å²) in [6.07, 6.45) is 6.21. The Hall–Kier alpha value is -2.25. The van der Waals surface area contributed by atoms with E-state index in [4.69, 9.17) is 21.3 Å². The zero-order valence-corrected chi connectivity index (χ0v) is 21.1. The molecule has 0 aromatic carbocycles. The van der Waals surface area contributed by atoms with E-state index < -0.39 is 11.6 Å². The fourth-order valence-corrected chi connectivity index (χ4v) is 5.75. The third-order valence-electron chi connectivity index (χ3n) is 5.82. The maximum Gasteiger partial charge on any atom is 0.308 e. The molecule has 0 spiro atoms. The Balaban J connectivity index is 1.88. The van der Waals surface area contributed by atoms with Crippen LogP contribution < -0.4 is 0 Å². The van der Waals surface area contributed by atoms with Crippen LogP contribution in [0.3, 0.4) is 0 Å². The second-order valence-electron chi connectivity index (χ2n) is 9.52. The molecule has 32 heavy (non-hydrogen) atoms. The minimum Gasteiger partial charge on any atom is -0.460 e. The number of carbonyl (C=O) groups excluding carboxylic acids is 1. The smallest absolute Gasteiger partial charge is 0.308 e. The van der Waals surface area contributed by atoms with Crippen LogP contribution in [0.5, 0.6) is 0 Å². The Morgan fingerprint density at radius 3 is 2.62 bits per heavy atom. The predicted molar refractivity (Wildman–Crippen MR) is 129 cm³/mol. The summed E-state index contributed by atoms with van der Waals surface area (Å²) >= 11 is 7.98. The second kappa shape index (κ2) is 8.27. The first-order valence-electron chi connectivity index (χ1n) is 10.8. The minimum absolute atomic E-state index is 0.0444. The van der Waals surface area contributed by atoms with Gasteiger partial charge in [0.15, 0.2) is 5.82 Å². The van der Waals surface area contributed by atoms with Gasteiger partial charge in [0.1, 0.15) is 22.5 Å². The lowest BCUT2D eigenvalue weighted by atomic mass is 9.82. The van der Waals surface area contributed by atoms with Crippen molar-refractivity contribution in [2.45, 2.75) is 66.5 Å². The summed E-state index contributed by atoms with van der Waals surface area (Å²) in [6.45, 7) is 13.9. The lowest BCUT2D eigenvalue weighted by Gasteiger charge is -2.25. The van der Waals surface area contributed by atoms with Crippen molar-refractivity contribution in [2.24, 2.45) is 16.8 Å². The van der Waals surface area contributed by atoms with Gasteiger partial charge in [-0.1, -0.05) is 30.7 Å². The molecule has 8 heteroatoms. The van der Waals surface area contributed by atoms with Crippen molar-refractivity contribution in [1.29, 1.82) is 0 Å². The molecule has 2 aliphatic rings. The van der Waals surface area contributed by atoms with Crippen LogP contribution in [0.15, 0.2) is 28.3 Å². The van der Waals surface area contributed by atoms with Crippen LogP contribution >= 0.6 is 22.9 Å². The number of thiophene rings is 1. The average Bonchev–Trinajstić information content (AvgIpc) is 3.13. The summed E-state index contributed by atoms with van der Waals surface area (Å²) in [5, 5.41) is 10.6. The van der Waals surface area contributed by atoms with Gasteiger partial charge < -0.3 is 4.74 Å². The fourth-order valence-electron chi connectivity index (χ4n) is 4.26.